The number of hydrogen-bond donors (Lipinski definition) is 0. The lowest BCUT2D eigenvalue weighted by Crippen LogP contribution is -2.07. The predicted octanol–water partition coefficient (Wildman–Crippen LogP) is 4.00. The monoisotopic (exact) mass is 327 g/mol. The first-order chi connectivity index (χ1) is 10.2. The van der Waals surface area contributed by atoms with Crippen LogP contribution in [0.25, 0.3) is 0 Å². The minimum absolute atomic E-state index is 0.0430. The summed E-state index contributed by atoms with van der Waals surface area (Å²) >= 11 is 0. The first-order valence-corrected chi connectivity index (χ1v) is 8.11. The van der Waals surface area contributed by atoms with Crippen molar-refractivity contribution in [1.29, 1.82) is 0 Å². The summed E-state index contributed by atoms with van der Waals surface area (Å²) in [6, 6.07) is 11.8. The molecule has 22 heavy (non-hydrogen) atoms. The van der Waals surface area contributed by atoms with Crippen LogP contribution in [-0.2, 0) is 15.9 Å². The van der Waals surface area contributed by atoms with Crippen molar-refractivity contribution in [1.82, 2.24) is 0 Å². The highest BCUT2D eigenvalue weighted by atomic mass is 32.2. The van der Waals surface area contributed by atoms with Crippen molar-refractivity contribution < 1.29 is 22.2 Å². The molecule has 0 unspecified atom stereocenters. The van der Waals surface area contributed by atoms with Gasteiger partial charge in [0.2, 0.25) is 0 Å². The third-order valence-corrected chi connectivity index (χ3v) is 4.56. The lowest BCUT2D eigenvalue weighted by atomic mass is 10.1. The van der Waals surface area contributed by atoms with Gasteiger partial charge in [-0.2, -0.15) is 17.5 Å². The molecule has 2 rings (SSSR count). The smallest absolute Gasteiger partial charge is 0.266 e. The molecule has 0 saturated heterocycles. The fourth-order valence-corrected chi connectivity index (χ4v) is 2.93. The molecule has 3 nitrogen and oxygen atoms in total. The zero-order chi connectivity index (χ0) is 16.4. The Morgan fingerprint density at radius 2 is 1.55 bits per heavy atom. The van der Waals surface area contributed by atoms with Crippen LogP contribution in [-0.4, -0.2) is 16.4 Å². The van der Waals surface area contributed by atoms with Crippen molar-refractivity contribution in [3.63, 3.8) is 0 Å². The molecule has 2 aromatic carbocycles. The predicted molar refractivity (Wildman–Crippen MR) is 77.0 cm³/mol. The van der Waals surface area contributed by atoms with Crippen LogP contribution in [0.4, 0.5) is 13.2 Å². The fraction of sp³-hybridized carbons (Fsp3) is 0.133. The van der Waals surface area contributed by atoms with Crippen LogP contribution in [0.5, 0.6) is 0 Å². The van der Waals surface area contributed by atoms with Crippen LogP contribution >= 0.6 is 0 Å². The molecule has 0 saturated carbocycles. The molecule has 116 valence electrons. The Morgan fingerprint density at radius 3 is 2.05 bits per heavy atom. The molecular formula is C15H12F3NO2S. The van der Waals surface area contributed by atoms with Gasteiger partial charge in [-0.3, -0.25) is 4.79 Å². The van der Waals surface area contributed by atoms with Crippen molar-refractivity contribution in [2.75, 3.05) is 6.26 Å². The Hall–Kier alpha value is -2.15. The molecule has 0 aromatic heterocycles. The highest BCUT2D eigenvalue weighted by molar-refractivity contribution is 7.93. The normalized spacial score (nSPS) is 14.2. The van der Waals surface area contributed by atoms with Gasteiger partial charge in [0.25, 0.3) is 5.91 Å². The van der Waals surface area contributed by atoms with Crippen molar-refractivity contribution >= 4 is 15.6 Å². The molecule has 0 spiro atoms. The lowest BCUT2D eigenvalue weighted by Gasteiger charge is -2.07. The molecule has 0 aliphatic carbocycles. The number of benzene rings is 2. The summed E-state index contributed by atoms with van der Waals surface area (Å²) in [4.78, 5) is 12.4. The molecule has 1 atom stereocenters. The Balaban J connectivity index is 2.33. The molecule has 0 N–H and O–H groups in total. The van der Waals surface area contributed by atoms with Crippen LogP contribution in [0.1, 0.15) is 15.9 Å². The summed E-state index contributed by atoms with van der Waals surface area (Å²) < 4.78 is 53.5. The molecule has 2 aromatic rings. The zero-order valence-electron chi connectivity index (χ0n) is 11.5. The molecule has 0 fully saturated rings. The second-order valence-corrected chi connectivity index (χ2v) is 6.85. The highest BCUT2D eigenvalue weighted by Gasteiger charge is 2.30. The number of hydrogen-bond acceptors (Lipinski definition) is 2. The number of nitrogens with zero attached hydrogens (tertiary/aromatic N) is 1. The summed E-state index contributed by atoms with van der Waals surface area (Å²) in [5.74, 6) is -0.815. The van der Waals surface area contributed by atoms with E-state index in [1.807, 2.05) is 0 Å². The van der Waals surface area contributed by atoms with Crippen molar-refractivity contribution in [3.8, 4) is 0 Å². The minimum atomic E-state index is -4.47. The minimum Gasteiger partial charge on any atom is -0.266 e. The molecule has 0 aliphatic rings. The fourth-order valence-electron chi connectivity index (χ4n) is 1.74. The van der Waals surface area contributed by atoms with E-state index in [0.29, 0.717) is 4.90 Å². The van der Waals surface area contributed by atoms with Crippen LogP contribution in [0, 0.1) is 0 Å². The quantitative estimate of drug-likeness (QED) is 0.837. The van der Waals surface area contributed by atoms with E-state index in [-0.39, 0.29) is 5.56 Å². The highest BCUT2D eigenvalue weighted by Crippen LogP contribution is 2.29. The van der Waals surface area contributed by atoms with Gasteiger partial charge in [0.1, 0.15) is 0 Å². The Labute approximate surface area is 126 Å². The average Bonchev–Trinajstić information content (AvgIpc) is 2.47. The lowest BCUT2D eigenvalue weighted by molar-refractivity contribution is -0.137. The van der Waals surface area contributed by atoms with E-state index in [9.17, 15) is 22.2 Å². The number of alkyl halides is 3. The third-order valence-electron chi connectivity index (χ3n) is 2.90. The van der Waals surface area contributed by atoms with Crippen LogP contribution in [0.2, 0.25) is 0 Å². The summed E-state index contributed by atoms with van der Waals surface area (Å²) in [6.07, 6.45) is -3.16. The van der Waals surface area contributed by atoms with Gasteiger partial charge < -0.3 is 0 Å². The van der Waals surface area contributed by atoms with Crippen molar-refractivity contribution in [2.24, 2.45) is 4.36 Å². The van der Waals surface area contributed by atoms with Gasteiger partial charge in [0.15, 0.2) is 0 Å². The van der Waals surface area contributed by atoms with Crippen LogP contribution < -0.4 is 0 Å². The van der Waals surface area contributed by atoms with Gasteiger partial charge in [-0.15, -0.1) is 0 Å². The first kappa shape index (κ1) is 16.2. The second kappa shape index (κ2) is 5.92. The first-order valence-electron chi connectivity index (χ1n) is 6.19. The van der Waals surface area contributed by atoms with Crippen LogP contribution in [0.3, 0.4) is 0 Å². The number of carbonyl (C=O) groups excluding carboxylic acids is 1. The van der Waals surface area contributed by atoms with E-state index < -0.39 is 27.4 Å². The zero-order valence-corrected chi connectivity index (χ0v) is 12.3. The molecule has 1 amide bonds. The Kier molecular flexibility index (Phi) is 4.37. The maximum atomic E-state index is 12.5. The number of halogens is 3. The van der Waals surface area contributed by atoms with Gasteiger partial charge >= 0.3 is 6.18 Å². The summed E-state index contributed by atoms with van der Waals surface area (Å²) in [7, 11) is -2.94. The van der Waals surface area contributed by atoms with E-state index in [4.69, 9.17) is 0 Å². The van der Waals surface area contributed by atoms with Crippen molar-refractivity contribution in [3.05, 3.63) is 65.7 Å². The van der Waals surface area contributed by atoms with E-state index >= 15 is 0 Å². The van der Waals surface area contributed by atoms with Gasteiger partial charge in [-0.1, -0.05) is 18.2 Å². The maximum Gasteiger partial charge on any atom is 0.416 e. The summed E-state index contributed by atoms with van der Waals surface area (Å²) in [5.41, 5.74) is -0.900. The molecule has 7 heteroatoms. The van der Waals surface area contributed by atoms with Gasteiger partial charge in [0.05, 0.1) is 15.3 Å². The van der Waals surface area contributed by atoms with E-state index in [1.165, 1.54) is 6.26 Å². The summed E-state index contributed by atoms with van der Waals surface area (Å²) in [5, 5.41) is 0. The third kappa shape index (κ3) is 3.73. The Bertz CT molecular complexity index is 790. The molecule has 0 radical (unpaired) electrons. The van der Waals surface area contributed by atoms with Gasteiger partial charge in [0, 0.05) is 16.7 Å². The number of carbonyl (C=O) groups is 1. The van der Waals surface area contributed by atoms with Gasteiger partial charge in [-0.05, 0) is 36.4 Å². The molecule has 0 aliphatic heterocycles. The molecular weight excluding hydrogens is 315 g/mol. The van der Waals surface area contributed by atoms with E-state index in [2.05, 4.69) is 4.36 Å². The topological polar surface area (TPSA) is 46.5 Å². The van der Waals surface area contributed by atoms with E-state index in [1.54, 1.807) is 30.3 Å². The molecule has 0 heterocycles. The van der Waals surface area contributed by atoms with Crippen LogP contribution in [0.15, 0.2) is 63.9 Å². The largest absolute Gasteiger partial charge is 0.416 e. The summed E-state index contributed by atoms with van der Waals surface area (Å²) in [6.45, 7) is 0. The maximum absolute atomic E-state index is 12.5. The number of amides is 1. The standard InChI is InChI=1S/C15H12F3NO2S/c1-22(21,13-5-3-2-4-6-13)19-14(20)11-7-9-12(10-8-11)15(16,17)18/h2-10H,1H3/t22-/m0/s1. The second-order valence-electron chi connectivity index (χ2n) is 4.59. The Morgan fingerprint density at radius 1 is 1.00 bits per heavy atom. The van der Waals surface area contributed by atoms with Gasteiger partial charge in [-0.25, -0.2) is 4.21 Å². The van der Waals surface area contributed by atoms with E-state index in [0.717, 1.165) is 24.3 Å². The van der Waals surface area contributed by atoms with Crippen molar-refractivity contribution in [2.45, 2.75) is 11.1 Å². The SMILES string of the molecule is C[S@@](=O)(=NC(=O)c1ccc(C(F)(F)F)cc1)c1ccccc1. The molecule has 0 bridgehead atoms. The average molecular weight is 327 g/mol. The number of rotatable bonds is 2.